The summed E-state index contributed by atoms with van der Waals surface area (Å²) in [5, 5.41) is 0. The van der Waals surface area contributed by atoms with E-state index in [4.69, 9.17) is 4.74 Å². The van der Waals surface area contributed by atoms with Gasteiger partial charge in [-0.25, -0.2) is 0 Å². The molecule has 78 valence electrons. The average Bonchev–Trinajstić information content (AvgIpc) is 2.06. The first-order valence-electron chi connectivity index (χ1n) is 5.27. The van der Waals surface area contributed by atoms with Crippen LogP contribution in [0.25, 0.3) is 0 Å². The van der Waals surface area contributed by atoms with E-state index < -0.39 is 0 Å². The molecule has 0 aromatic carbocycles. The van der Waals surface area contributed by atoms with Gasteiger partial charge in [0.15, 0.2) is 0 Å². The minimum atomic E-state index is 0. The van der Waals surface area contributed by atoms with E-state index in [2.05, 4.69) is 20.8 Å². The molecular formula is C11H24OU. The Kier molecular flexibility index (Phi) is 14.0. The van der Waals surface area contributed by atoms with E-state index in [1.54, 1.807) is 0 Å². The van der Waals surface area contributed by atoms with Crippen molar-refractivity contribution in [1.29, 1.82) is 0 Å². The summed E-state index contributed by atoms with van der Waals surface area (Å²) in [5.74, 6) is 0.892. The van der Waals surface area contributed by atoms with E-state index in [0.29, 0.717) is 6.10 Å². The summed E-state index contributed by atoms with van der Waals surface area (Å²) >= 11 is 0. The summed E-state index contributed by atoms with van der Waals surface area (Å²) in [6.07, 6.45) is 7.13. The molecule has 2 atom stereocenters. The SMILES string of the molecule is CCC.CO[C@H]1CCCC(C)C1.[U]. The topological polar surface area (TPSA) is 9.23 Å². The molecule has 1 nitrogen and oxygen atoms in total. The van der Waals surface area contributed by atoms with E-state index in [1.807, 2.05) is 7.11 Å². The van der Waals surface area contributed by atoms with Crippen LogP contribution in [0, 0.1) is 37.0 Å². The van der Waals surface area contributed by atoms with Gasteiger partial charge in [0, 0.05) is 38.2 Å². The third kappa shape index (κ3) is 9.32. The summed E-state index contributed by atoms with van der Waals surface area (Å²) in [5.41, 5.74) is 0. The van der Waals surface area contributed by atoms with Crippen molar-refractivity contribution in [2.24, 2.45) is 5.92 Å². The number of methoxy groups -OCH3 is 1. The minimum absolute atomic E-state index is 0. The molecule has 0 heterocycles. The third-order valence-electron chi connectivity index (χ3n) is 2.22. The summed E-state index contributed by atoms with van der Waals surface area (Å²) < 4.78 is 5.26. The summed E-state index contributed by atoms with van der Waals surface area (Å²) in [7, 11) is 1.82. The molecule has 13 heavy (non-hydrogen) atoms. The first-order valence-corrected chi connectivity index (χ1v) is 5.27. The van der Waals surface area contributed by atoms with Crippen molar-refractivity contribution >= 4 is 0 Å². The second kappa shape index (κ2) is 11.1. The van der Waals surface area contributed by atoms with Crippen LogP contribution in [-0.2, 0) is 4.74 Å². The maximum absolute atomic E-state index is 5.26. The molecule has 1 aliphatic rings. The zero-order valence-electron chi connectivity index (χ0n) is 9.60. The van der Waals surface area contributed by atoms with Crippen molar-refractivity contribution in [3.63, 3.8) is 0 Å². The molecule has 0 aromatic rings. The Hall–Kier alpha value is 1.01. The van der Waals surface area contributed by atoms with Gasteiger partial charge in [-0.1, -0.05) is 40.0 Å². The van der Waals surface area contributed by atoms with Crippen LogP contribution in [0.2, 0.25) is 0 Å². The molecule has 1 unspecified atom stereocenters. The summed E-state index contributed by atoms with van der Waals surface area (Å²) in [4.78, 5) is 0. The van der Waals surface area contributed by atoms with Crippen molar-refractivity contribution in [3.05, 3.63) is 0 Å². The number of ether oxygens (including phenoxy) is 1. The first kappa shape index (κ1) is 16.4. The van der Waals surface area contributed by atoms with Gasteiger partial charge in [-0.3, -0.25) is 0 Å². The van der Waals surface area contributed by atoms with Crippen LogP contribution >= 0.6 is 0 Å². The van der Waals surface area contributed by atoms with Crippen LogP contribution in [0.15, 0.2) is 0 Å². The van der Waals surface area contributed by atoms with Crippen molar-refractivity contribution in [3.8, 4) is 0 Å². The van der Waals surface area contributed by atoms with Gasteiger partial charge in [0.05, 0.1) is 6.10 Å². The van der Waals surface area contributed by atoms with E-state index >= 15 is 0 Å². The second-order valence-corrected chi connectivity index (χ2v) is 3.84. The van der Waals surface area contributed by atoms with E-state index in [-0.39, 0.29) is 31.1 Å². The molecule has 1 saturated carbocycles. The van der Waals surface area contributed by atoms with Crippen LogP contribution in [0.5, 0.6) is 0 Å². The van der Waals surface area contributed by atoms with Gasteiger partial charge in [-0.05, 0) is 18.8 Å². The molecule has 0 amide bonds. The van der Waals surface area contributed by atoms with Gasteiger partial charge >= 0.3 is 0 Å². The van der Waals surface area contributed by atoms with Crippen molar-refractivity contribution in [1.82, 2.24) is 0 Å². The zero-order valence-corrected chi connectivity index (χ0v) is 13.8. The van der Waals surface area contributed by atoms with Gasteiger partial charge < -0.3 is 4.74 Å². The molecule has 0 bridgehead atoms. The average molecular weight is 410 g/mol. The standard InChI is InChI=1S/C8H16O.C3H8.U/c1-7-4-3-5-8(6-7)9-2;1-3-2;/h7-8H,3-6H2,1-2H3;3H2,1-2H3;/t7?,8-;;/m0../s1. The van der Waals surface area contributed by atoms with E-state index in [9.17, 15) is 0 Å². The normalized spacial score (nSPS) is 26.8. The Morgan fingerprint density at radius 2 is 1.77 bits per heavy atom. The predicted molar refractivity (Wildman–Crippen MR) is 54.4 cm³/mol. The van der Waals surface area contributed by atoms with Crippen LogP contribution in [0.4, 0.5) is 0 Å². The predicted octanol–water partition coefficient (Wildman–Crippen LogP) is 3.63. The van der Waals surface area contributed by atoms with E-state index in [1.165, 1.54) is 32.1 Å². The first-order chi connectivity index (χ1) is 5.74. The molecule has 2 heteroatoms. The van der Waals surface area contributed by atoms with Gasteiger partial charge in [-0.15, -0.1) is 0 Å². The molecule has 0 saturated heterocycles. The fraction of sp³-hybridized carbons (Fsp3) is 1.00. The minimum Gasteiger partial charge on any atom is -0.381 e. The van der Waals surface area contributed by atoms with Crippen LogP contribution < -0.4 is 0 Å². The van der Waals surface area contributed by atoms with Crippen LogP contribution in [-0.4, -0.2) is 13.2 Å². The second-order valence-electron chi connectivity index (χ2n) is 3.84. The smallest absolute Gasteiger partial charge is 0.0573 e. The Labute approximate surface area is 107 Å². The fourth-order valence-corrected chi connectivity index (χ4v) is 1.59. The van der Waals surface area contributed by atoms with Crippen molar-refractivity contribution in [2.75, 3.05) is 7.11 Å². The van der Waals surface area contributed by atoms with Gasteiger partial charge in [-0.2, -0.15) is 0 Å². The third-order valence-corrected chi connectivity index (χ3v) is 2.22. The number of hydrogen-bond donors (Lipinski definition) is 0. The Balaban J connectivity index is 0. The number of hydrogen-bond acceptors (Lipinski definition) is 1. The molecule has 0 radical (unpaired) electrons. The molecule has 0 aliphatic heterocycles. The fourth-order valence-electron chi connectivity index (χ4n) is 1.59. The van der Waals surface area contributed by atoms with Gasteiger partial charge in [0.2, 0.25) is 0 Å². The molecule has 1 rings (SSSR count). The van der Waals surface area contributed by atoms with Gasteiger partial charge in [0.25, 0.3) is 0 Å². The molecular weight excluding hydrogens is 386 g/mol. The van der Waals surface area contributed by atoms with Crippen molar-refractivity contribution < 1.29 is 35.9 Å². The maximum Gasteiger partial charge on any atom is 0.0573 e. The monoisotopic (exact) mass is 410 g/mol. The number of rotatable bonds is 1. The Bertz CT molecular complexity index is 96.1. The Morgan fingerprint density at radius 3 is 2.08 bits per heavy atom. The molecule has 0 aromatic heterocycles. The molecule has 1 aliphatic carbocycles. The van der Waals surface area contributed by atoms with Crippen LogP contribution in [0.3, 0.4) is 0 Å². The summed E-state index contributed by atoms with van der Waals surface area (Å²) in [6, 6.07) is 0. The van der Waals surface area contributed by atoms with Crippen molar-refractivity contribution in [2.45, 2.75) is 59.0 Å². The maximum atomic E-state index is 5.26. The molecule has 0 N–H and O–H groups in total. The largest absolute Gasteiger partial charge is 0.381 e. The van der Waals surface area contributed by atoms with Gasteiger partial charge in [0.1, 0.15) is 0 Å². The molecule has 1 fully saturated rings. The zero-order chi connectivity index (χ0) is 9.40. The Morgan fingerprint density at radius 1 is 1.23 bits per heavy atom. The van der Waals surface area contributed by atoms with Crippen LogP contribution in [0.1, 0.15) is 52.9 Å². The van der Waals surface area contributed by atoms with E-state index in [0.717, 1.165) is 5.92 Å². The molecule has 0 spiro atoms. The quantitative estimate of drug-likeness (QED) is 0.642. The summed E-state index contributed by atoms with van der Waals surface area (Å²) in [6.45, 7) is 6.56.